The number of anilines is 2. The molecule has 3 fully saturated rings. The smallest absolute Gasteiger partial charge is 0.351 e. The Balaban J connectivity index is 0.920. The molecule has 3 aliphatic heterocycles. The van der Waals surface area contributed by atoms with Gasteiger partial charge in [-0.25, -0.2) is 23.3 Å². The number of carbonyl (C=O) groups is 2. The SMILES string of the molecule is Cn1nc(N2CCC(=O)NC2=O)c2ccc(C3CCN(CCCS(=O)N4CCC(Nc5ncc(C(F)(F)F)cn5)CC4)CC3)cc21. The summed E-state index contributed by atoms with van der Waals surface area (Å²) in [6.45, 7) is 4.43. The van der Waals surface area contributed by atoms with Gasteiger partial charge in [0.1, 0.15) is 0 Å². The summed E-state index contributed by atoms with van der Waals surface area (Å²) < 4.78 is 54.9. The topological polar surface area (TPSA) is 129 Å². The van der Waals surface area contributed by atoms with Gasteiger partial charge in [-0.05, 0) is 75.4 Å². The Hall–Kier alpha value is -3.63. The summed E-state index contributed by atoms with van der Waals surface area (Å²) in [5, 5.41) is 10.9. The summed E-state index contributed by atoms with van der Waals surface area (Å²) in [6.07, 6.45) is 1.67. The van der Waals surface area contributed by atoms with Crippen molar-refractivity contribution in [2.45, 2.75) is 56.7 Å². The summed E-state index contributed by atoms with van der Waals surface area (Å²) in [5.41, 5.74) is 1.33. The van der Waals surface area contributed by atoms with E-state index < -0.39 is 28.8 Å². The van der Waals surface area contributed by atoms with Crippen LogP contribution in [0, 0.1) is 0 Å². The number of aromatic nitrogens is 4. The third-order valence-corrected chi connectivity index (χ3v) is 10.7. The number of nitrogens with one attached hydrogen (secondary N) is 2. The quantitative estimate of drug-likeness (QED) is 0.356. The van der Waals surface area contributed by atoms with Crippen LogP contribution in [0.1, 0.15) is 55.6 Å². The lowest BCUT2D eigenvalue weighted by molar-refractivity contribution is -0.138. The van der Waals surface area contributed by atoms with Crippen molar-refractivity contribution in [3.63, 3.8) is 0 Å². The molecule has 1 aromatic carbocycles. The predicted molar refractivity (Wildman–Crippen MR) is 168 cm³/mol. The van der Waals surface area contributed by atoms with Gasteiger partial charge in [0.15, 0.2) is 5.82 Å². The summed E-state index contributed by atoms with van der Waals surface area (Å²) in [6, 6.07) is 5.90. The van der Waals surface area contributed by atoms with Gasteiger partial charge in [-0.15, -0.1) is 0 Å². The molecule has 0 bridgehead atoms. The van der Waals surface area contributed by atoms with Crippen LogP contribution < -0.4 is 15.5 Å². The Kier molecular flexibility index (Phi) is 9.57. The van der Waals surface area contributed by atoms with E-state index in [1.165, 1.54) is 10.5 Å². The van der Waals surface area contributed by atoms with Crippen LogP contribution in [0.3, 0.4) is 0 Å². The van der Waals surface area contributed by atoms with Crippen LogP contribution >= 0.6 is 0 Å². The van der Waals surface area contributed by atoms with Gasteiger partial charge in [-0.3, -0.25) is 19.7 Å². The molecular formula is C30H38F3N9O3S. The Labute approximate surface area is 267 Å². The van der Waals surface area contributed by atoms with Crippen molar-refractivity contribution in [3.8, 4) is 0 Å². The van der Waals surface area contributed by atoms with Crippen LogP contribution in [0.15, 0.2) is 30.6 Å². The maximum Gasteiger partial charge on any atom is 0.419 e. The molecule has 3 aliphatic rings. The van der Waals surface area contributed by atoms with Crippen molar-refractivity contribution in [1.29, 1.82) is 0 Å². The van der Waals surface area contributed by atoms with Crippen LogP contribution in [-0.2, 0) is 29.0 Å². The van der Waals surface area contributed by atoms with E-state index in [0.717, 1.165) is 62.2 Å². The number of imide groups is 1. The van der Waals surface area contributed by atoms with Crippen molar-refractivity contribution in [3.05, 3.63) is 41.7 Å². The predicted octanol–water partition coefficient (Wildman–Crippen LogP) is 3.64. The van der Waals surface area contributed by atoms with E-state index in [1.807, 2.05) is 17.4 Å². The molecule has 16 heteroatoms. The highest BCUT2D eigenvalue weighted by Crippen LogP contribution is 2.34. The lowest BCUT2D eigenvalue weighted by Gasteiger charge is -2.33. The standard InChI is InChI=1S/C30H38F3N9O3S/c1-39-25-17-21(3-4-24(25)27(38-39)42-15-9-26(43)37-29(42)44)20-5-11-40(12-6-20)10-2-16-46(45)41-13-7-23(8-14-41)36-28-34-18-22(19-35-28)30(31,32)33/h3-4,17-20,23H,2,5-16H2,1H3,(H,34,35,36)(H,37,43,44). The monoisotopic (exact) mass is 661 g/mol. The number of nitrogens with zero attached hydrogens (tertiary/aromatic N) is 7. The third-order valence-electron chi connectivity index (χ3n) is 9.07. The first-order valence-corrected chi connectivity index (χ1v) is 16.9. The van der Waals surface area contributed by atoms with E-state index in [0.29, 0.717) is 50.0 Å². The van der Waals surface area contributed by atoms with Gasteiger partial charge in [0, 0.05) is 62.7 Å². The van der Waals surface area contributed by atoms with Crippen LogP contribution in [0.5, 0.6) is 0 Å². The number of benzene rings is 1. The Morgan fingerprint density at radius 3 is 2.41 bits per heavy atom. The zero-order valence-electron chi connectivity index (χ0n) is 25.6. The Morgan fingerprint density at radius 1 is 1.02 bits per heavy atom. The molecule has 0 saturated carbocycles. The number of fused-ring (bicyclic) bond motifs is 1. The van der Waals surface area contributed by atoms with Gasteiger partial charge in [0.05, 0.1) is 22.1 Å². The van der Waals surface area contributed by atoms with Crippen LogP contribution in [-0.4, -0.2) is 96.2 Å². The van der Waals surface area contributed by atoms with E-state index in [4.69, 9.17) is 0 Å². The molecule has 12 nitrogen and oxygen atoms in total. The number of halogens is 3. The molecule has 1 atom stereocenters. The molecule has 0 radical (unpaired) electrons. The maximum absolute atomic E-state index is 13.0. The fourth-order valence-electron chi connectivity index (χ4n) is 6.44. The van der Waals surface area contributed by atoms with Crippen molar-refractivity contribution in [1.82, 2.24) is 34.3 Å². The first kappa shape index (κ1) is 32.3. The van der Waals surface area contributed by atoms with Gasteiger partial charge in [0.2, 0.25) is 11.9 Å². The Morgan fingerprint density at radius 2 is 1.74 bits per heavy atom. The average molecular weight is 662 g/mol. The second-order valence-corrected chi connectivity index (χ2v) is 13.7. The van der Waals surface area contributed by atoms with Crippen molar-refractivity contribution >= 4 is 45.6 Å². The third kappa shape index (κ3) is 7.33. The molecule has 3 saturated heterocycles. The first-order chi connectivity index (χ1) is 22.0. The number of hydrogen-bond acceptors (Lipinski definition) is 8. The number of aryl methyl sites for hydroxylation is 1. The molecule has 3 amide bonds. The summed E-state index contributed by atoms with van der Waals surface area (Å²) in [7, 11) is 0.795. The van der Waals surface area contributed by atoms with E-state index in [-0.39, 0.29) is 24.3 Å². The van der Waals surface area contributed by atoms with Gasteiger partial charge < -0.3 is 10.2 Å². The molecule has 46 heavy (non-hydrogen) atoms. The van der Waals surface area contributed by atoms with Crippen LogP contribution in [0.2, 0.25) is 0 Å². The minimum absolute atomic E-state index is 0.0232. The molecule has 0 spiro atoms. The number of amides is 3. The van der Waals surface area contributed by atoms with E-state index in [1.54, 1.807) is 4.68 Å². The molecule has 1 unspecified atom stereocenters. The minimum atomic E-state index is -4.46. The lowest BCUT2D eigenvalue weighted by Crippen LogP contribution is -2.49. The second-order valence-electron chi connectivity index (χ2n) is 12.1. The largest absolute Gasteiger partial charge is 0.419 e. The highest BCUT2D eigenvalue weighted by atomic mass is 32.2. The van der Waals surface area contributed by atoms with E-state index in [2.05, 4.69) is 42.7 Å². The molecule has 3 aromatic rings. The zero-order chi connectivity index (χ0) is 32.4. The molecule has 0 aliphatic carbocycles. The fraction of sp³-hybridized carbons (Fsp3) is 0.567. The van der Waals surface area contributed by atoms with Gasteiger partial charge in [0.25, 0.3) is 0 Å². The lowest BCUT2D eigenvalue weighted by atomic mass is 9.89. The minimum Gasteiger partial charge on any atom is -0.351 e. The summed E-state index contributed by atoms with van der Waals surface area (Å²) in [4.78, 5) is 35.5. The van der Waals surface area contributed by atoms with Gasteiger partial charge in [-0.2, -0.15) is 18.3 Å². The molecule has 248 valence electrons. The number of rotatable bonds is 9. The first-order valence-electron chi connectivity index (χ1n) is 15.6. The number of urea groups is 1. The normalized spacial score (nSPS) is 20.3. The molecule has 2 aromatic heterocycles. The fourth-order valence-corrected chi connectivity index (χ4v) is 7.69. The van der Waals surface area contributed by atoms with Crippen molar-refractivity contribution < 1.29 is 27.0 Å². The van der Waals surface area contributed by atoms with Crippen LogP contribution in [0.25, 0.3) is 10.9 Å². The second kappa shape index (κ2) is 13.6. The zero-order valence-corrected chi connectivity index (χ0v) is 26.4. The average Bonchev–Trinajstić information content (AvgIpc) is 3.36. The number of piperidine rings is 2. The number of likely N-dealkylation sites (tertiary alicyclic amines) is 1. The van der Waals surface area contributed by atoms with Gasteiger partial charge in [-0.1, -0.05) is 6.07 Å². The summed E-state index contributed by atoms with van der Waals surface area (Å²) in [5.74, 6) is 1.49. The van der Waals surface area contributed by atoms with Crippen molar-refractivity contribution in [2.24, 2.45) is 7.05 Å². The Bertz CT molecular complexity index is 1580. The highest BCUT2D eigenvalue weighted by molar-refractivity contribution is 7.82. The van der Waals surface area contributed by atoms with Crippen LogP contribution in [0.4, 0.5) is 29.7 Å². The summed E-state index contributed by atoms with van der Waals surface area (Å²) >= 11 is 0. The van der Waals surface area contributed by atoms with E-state index in [9.17, 15) is 27.0 Å². The number of alkyl halides is 3. The van der Waals surface area contributed by atoms with Gasteiger partial charge >= 0.3 is 12.2 Å². The van der Waals surface area contributed by atoms with E-state index >= 15 is 0 Å². The number of hydrogen-bond donors (Lipinski definition) is 2. The van der Waals surface area contributed by atoms with Crippen molar-refractivity contribution in [2.75, 3.05) is 55.2 Å². The molecule has 6 rings (SSSR count). The maximum atomic E-state index is 13.0. The molecular weight excluding hydrogens is 623 g/mol. The number of carbonyl (C=O) groups excluding carboxylic acids is 2. The molecule has 2 N–H and O–H groups in total. The molecule has 5 heterocycles. The highest BCUT2D eigenvalue weighted by Gasteiger charge is 2.32.